The Balaban J connectivity index is 1.99. The quantitative estimate of drug-likeness (QED) is 0.852. The number of rotatable bonds is 5. The molecule has 0 unspecified atom stereocenters. The lowest BCUT2D eigenvalue weighted by Crippen LogP contribution is -2.05. The van der Waals surface area contributed by atoms with Crippen molar-refractivity contribution in [3.63, 3.8) is 0 Å². The van der Waals surface area contributed by atoms with E-state index in [9.17, 15) is 4.79 Å². The maximum atomic E-state index is 11.2. The molecule has 20 heavy (non-hydrogen) atoms. The van der Waals surface area contributed by atoms with Crippen molar-refractivity contribution in [2.45, 2.75) is 26.8 Å². The summed E-state index contributed by atoms with van der Waals surface area (Å²) in [4.78, 5) is 15.5. The Bertz CT molecular complexity index is 618. The topological polar surface area (TPSA) is 69.0 Å². The zero-order valence-corrected chi connectivity index (χ0v) is 12.9. The fraction of sp³-hybridized carbons (Fsp3) is 0.462. The number of hydrogen-bond donors (Lipinski definition) is 1. The van der Waals surface area contributed by atoms with Crippen LogP contribution < -0.4 is 5.32 Å². The first-order valence-electron chi connectivity index (χ1n) is 6.25. The highest BCUT2D eigenvalue weighted by atomic mass is 32.1. The molecular formula is C13H18N4O2S. The summed E-state index contributed by atoms with van der Waals surface area (Å²) < 4.78 is 6.49. The van der Waals surface area contributed by atoms with Gasteiger partial charge in [0.15, 0.2) is 5.13 Å². The molecule has 0 saturated heterocycles. The van der Waals surface area contributed by atoms with Crippen LogP contribution in [0.15, 0.2) is 5.38 Å². The van der Waals surface area contributed by atoms with Gasteiger partial charge in [-0.2, -0.15) is 5.10 Å². The van der Waals surface area contributed by atoms with Gasteiger partial charge in [0.2, 0.25) is 0 Å². The molecule has 0 aliphatic carbocycles. The van der Waals surface area contributed by atoms with E-state index in [0.29, 0.717) is 6.54 Å². The molecule has 2 heterocycles. The number of methoxy groups -OCH3 is 1. The molecule has 0 spiro atoms. The van der Waals surface area contributed by atoms with Crippen molar-refractivity contribution < 1.29 is 9.53 Å². The van der Waals surface area contributed by atoms with E-state index in [2.05, 4.69) is 20.1 Å². The predicted molar refractivity (Wildman–Crippen MR) is 77.8 cm³/mol. The van der Waals surface area contributed by atoms with Crippen LogP contribution in [-0.2, 0) is 29.5 Å². The van der Waals surface area contributed by atoms with E-state index in [1.165, 1.54) is 24.0 Å². The fourth-order valence-corrected chi connectivity index (χ4v) is 2.64. The Labute approximate surface area is 121 Å². The van der Waals surface area contributed by atoms with E-state index >= 15 is 0 Å². The average molecular weight is 294 g/mol. The Kier molecular flexibility index (Phi) is 4.39. The van der Waals surface area contributed by atoms with Gasteiger partial charge in [-0.25, -0.2) is 4.98 Å². The first kappa shape index (κ1) is 14.5. The lowest BCUT2D eigenvalue weighted by molar-refractivity contribution is -0.139. The molecule has 2 aromatic rings. The summed E-state index contributed by atoms with van der Waals surface area (Å²) in [5.74, 6) is -0.277. The third kappa shape index (κ3) is 3.16. The van der Waals surface area contributed by atoms with Crippen LogP contribution in [0.3, 0.4) is 0 Å². The first-order chi connectivity index (χ1) is 9.51. The molecule has 0 bridgehead atoms. The number of carbonyl (C=O) groups is 1. The van der Waals surface area contributed by atoms with Crippen molar-refractivity contribution in [2.24, 2.45) is 7.05 Å². The number of aryl methyl sites for hydroxylation is 2. The molecule has 0 amide bonds. The maximum Gasteiger partial charge on any atom is 0.311 e. The highest BCUT2D eigenvalue weighted by molar-refractivity contribution is 7.13. The molecule has 7 heteroatoms. The van der Waals surface area contributed by atoms with Crippen LogP contribution in [0.4, 0.5) is 5.13 Å². The van der Waals surface area contributed by atoms with E-state index in [4.69, 9.17) is 0 Å². The number of ether oxygens (including phenoxy) is 1. The van der Waals surface area contributed by atoms with Gasteiger partial charge in [0, 0.05) is 30.2 Å². The Morgan fingerprint density at radius 1 is 1.50 bits per heavy atom. The van der Waals surface area contributed by atoms with Crippen molar-refractivity contribution in [3.8, 4) is 0 Å². The number of aromatic nitrogens is 3. The standard InChI is InChI=1S/C13H18N4O2S/c1-8-11(9(2)17(3)16-8)6-14-13-15-10(7-20-13)5-12(18)19-4/h7H,5-6H2,1-4H3,(H,14,15). The predicted octanol–water partition coefficient (Wildman–Crippen LogP) is 1.82. The summed E-state index contributed by atoms with van der Waals surface area (Å²) in [5, 5.41) is 10.3. The fourth-order valence-electron chi connectivity index (χ4n) is 1.93. The smallest absolute Gasteiger partial charge is 0.311 e. The molecule has 2 aromatic heterocycles. The lowest BCUT2D eigenvalue weighted by atomic mass is 10.2. The zero-order valence-electron chi connectivity index (χ0n) is 12.1. The van der Waals surface area contributed by atoms with E-state index in [1.807, 2.05) is 31.0 Å². The van der Waals surface area contributed by atoms with Crippen molar-refractivity contribution in [1.82, 2.24) is 14.8 Å². The number of nitrogens with one attached hydrogen (secondary N) is 1. The summed E-state index contributed by atoms with van der Waals surface area (Å²) in [7, 11) is 3.31. The number of esters is 1. The maximum absolute atomic E-state index is 11.2. The molecule has 0 atom stereocenters. The minimum Gasteiger partial charge on any atom is -0.469 e. The Morgan fingerprint density at radius 2 is 2.25 bits per heavy atom. The second-order valence-corrected chi connectivity index (χ2v) is 5.38. The normalized spacial score (nSPS) is 10.6. The van der Waals surface area contributed by atoms with Crippen LogP contribution in [-0.4, -0.2) is 27.8 Å². The van der Waals surface area contributed by atoms with Crippen LogP contribution in [0, 0.1) is 13.8 Å². The van der Waals surface area contributed by atoms with Crippen molar-refractivity contribution in [1.29, 1.82) is 0 Å². The molecule has 0 aliphatic heterocycles. The van der Waals surface area contributed by atoms with Gasteiger partial charge < -0.3 is 10.1 Å². The number of anilines is 1. The summed E-state index contributed by atoms with van der Waals surface area (Å²) in [6, 6.07) is 0. The van der Waals surface area contributed by atoms with Crippen LogP contribution in [0.1, 0.15) is 22.6 Å². The lowest BCUT2D eigenvalue weighted by Gasteiger charge is -2.03. The largest absolute Gasteiger partial charge is 0.469 e. The van der Waals surface area contributed by atoms with Gasteiger partial charge in [-0.1, -0.05) is 0 Å². The SMILES string of the molecule is COC(=O)Cc1csc(NCc2c(C)nn(C)c2C)n1. The van der Waals surface area contributed by atoms with Gasteiger partial charge in [-0.15, -0.1) is 11.3 Å². The molecule has 2 rings (SSSR count). The zero-order chi connectivity index (χ0) is 14.7. The molecule has 6 nitrogen and oxygen atoms in total. The Hall–Kier alpha value is -1.89. The summed E-state index contributed by atoms with van der Waals surface area (Å²) in [6.07, 6.45) is 0.208. The number of carbonyl (C=O) groups excluding carboxylic acids is 1. The molecule has 108 valence electrons. The van der Waals surface area contributed by atoms with Gasteiger partial charge in [-0.3, -0.25) is 9.48 Å². The molecule has 0 aliphatic rings. The molecular weight excluding hydrogens is 276 g/mol. The van der Waals surface area contributed by atoms with Crippen LogP contribution in [0.25, 0.3) is 0 Å². The van der Waals surface area contributed by atoms with Gasteiger partial charge in [-0.05, 0) is 13.8 Å². The molecule has 1 N–H and O–H groups in total. The monoisotopic (exact) mass is 294 g/mol. The van der Waals surface area contributed by atoms with Gasteiger partial charge in [0.05, 0.1) is 24.9 Å². The summed E-state index contributed by atoms with van der Waals surface area (Å²) >= 11 is 1.48. The van der Waals surface area contributed by atoms with Crippen molar-refractivity contribution in [3.05, 3.63) is 28.0 Å². The molecule has 0 fully saturated rings. The van der Waals surface area contributed by atoms with Crippen LogP contribution in [0.2, 0.25) is 0 Å². The average Bonchev–Trinajstić information content (AvgIpc) is 2.94. The van der Waals surface area contributed by atoms with E-state index in [1.54, 1.807) is 0 Å². The number of nitrogens with zero attached hydrogens (tertiary/aromatic N) is 3. The second-order valence-electron chi connectivity index (χ2n) is 4.52. The minimum atomic E-state index is -0.277. The minimum absolute atomic E-state index is 0.208. The van der Waals surface area contributed by atoms with E-state index < -0.39 is 0 Å². The molecule has 0 saturated carbocycles. The van der Waals surface area contributed by atoms with Crippen LogP contribution >= 0.6 is 11.3 Å². The van der Waals surface area contributed by atoms with E-state index in [-0.39, 0.29) is 12.4 Å². The second kappa shape index (κ2) is 6.04. The highest BCUT2D eigenvalue weighted by Gasteiger charge is 2.11. The van der Waals surface area contributed by atoms with Crippen LogP contribution in [0.5, 0.6) is 0 Å². The van der Waals surface area contributed by atoms with Crippen molar-refractivity contribution in [2.75, 3.05) is 12.4 Å². The van der Waals surface area contributed by atoms with Gasteiger partial charge in [0.1, 0.15) is 0 Å². The number of hydrogen-bond acceptors (Lipinski definition) is 6. The first-order valence-corrected chi connectivity index (χ1v) is 7.13. The third-order valence-electron chi connectivity index (χ3n) is 3.18. The number of thiazole rings is 1. The summed E-state index contributed by atoms with van der Waals surface area (Å²) in [5.41, 5.74) is 4.06. The third-order valence-corrected chi connectivity index (χ3v) is 4.03. The summed E-state index contributed by atoms with van der Waals surface area (Å²) in [6.45, 7) is 4.72. The molecule has 0 radical (unpaired) electrons. The van der Waals surface area contributed by atoms with Crippen molar-refractivity contribution >= 4 is 22.4 Å². The van der Waals surface area contributed by atoms with Gasteiger partial charge >= 0.3 is 5.97 Å². The molecule has 0 aromatic carbocycles. The van der Waals surface area contributed by atoms with Gasteiger partial charge in [0.25, 0.3) is 0 Å². The Morgan fingerprint density at radius 3 is 2.85 bits per heavy atom. The van der Waals surface area contributed by atoms with E-state index in [0.717, 1.165) is 22.2 Å². The highest BCUT2D eigenvalue weighted by Crippen LogP contribution is 2.19.